The third-order valence-corrected chi connectivity index (χ3v) is 1.58. The lowest BCUT2D eigenvalue weighted by Crippen LogP contribution is -2.31. The van der Waals surface area contributed by atoms with Crippen molar-refractivity contribution < 1.29 is 14.6 Å². The number of ether oxygens (including phenoxy) is 1. The van der Waals surface area contributed by atoms with Crippen LogP contribution in [0.15, 0.2) is 0 Å². The summed E-state index contributed by atoms with van der Waals surface area (Å²) in [4.78, 5) is 10.7. The van der Waals surface area contributed by atoms with E-state index in [1.807, 2.05) is 0 Å². The molecule has 0 aliphatic carbocycles. The third kappa shape index (κ3) is 5.64. The maximum Gasteiger partial charge on any atom is 0.311 e. The quantitative estimate of drug-likeness (QED) is 0.735. The molecule has 0 aromatic rings. The van der Waals surface area contributed by atoms with Gasteiger partial charge in [0.2, 0.25) is 0 Å². The Kier molecular flexibility index (Phi) is 3.91. The van der Waals surface area contributed by atoms with E-state index in [0.717, 1.165) is 0 Å². The molecule has 0 unspecified atom stereocenters. The molecule has 0 aliphatic rings. The molecule has 0 amide bonds. The molecular formula is C10H20O3. The van der Waals surface area contributed by atoms with E-state index in [1.54, 1.807) is 13.8 Å². The second kappa shape index (κ2) is 4.09. The average Bonchev–Trinajstić information content (AvgIpc) is 1.82. The number of hydrogen-bond acceptors (Lipinski definition) is 2. The van der Waals surface area contributed by atoms with E-state index in [2.05, 4.69) is 20.8 Å². The molecule has 78 valence electrons. The Balaban J connectivity index is 3.84. The van der Waals surface area contributed by atoms with Crippen molar-refractivity contribution in [2.45, 2.75) is 34.6 Å². The summed E-state index contributed by atoms with van der Waals surface area (Å²) in [7, 11) is 0. The number of hydrogen-bond donors (Lipinski definition) is 1. The topological polar surface area (TPSA) is 46.5 Å². The van der Waals surface area contributed by atoms with Gasteiger partial charge in [-0.25, -0.2) is 0 Å². The van der Waals surface area contributed by atoms with E-state index in [0.29, 0.717) is 6.61 Å². The normalized spacial score (nSPS) is 13.0. The van der Waals surface area contributed by atoms with Crippen LogP contribution in [-0.2, 0) is 9.53 Å². The SMILES string of the molecule is CC(C)(C)COCC(C)(C)C(=O)O. The Hall–Kier alpha value is -0.570. The van der Waals surface area contributed by atoms with Crippen molar-refractivity contribution in [2.75, 3.05) is 13.2 Å². The van der Waals surface area contributed by atoms with Crippen molar-refractivity contribution in [1.82, 2.24) is 0 Å². The van der Waals surface area contributed by atoms with Crippen molar-refractivity contribution in [2.24, 2.45) is 10.8 Å². The van der Waals surface area contributed by atoms with Crippen LogP contribution in [0.2, 0.25) is 0 Å². The first-order chi connectivity index (χ1) is 5.65. The summed E-state index contributed by atoms with van der Waals surface area (Å²) < 4.78 is 5.34. The number of aliphatic carboxylic acids is 1. The molecule has 3 heteroatoms. The molecule has 0 spiro atoms. The van der Waals surface area contributed by atoms with Gasteiger partial charge in [-0.2, -0.15) is 0 Å². The Morgan fingerprint density at radius 1 is 1.15 bits per heavy atom. The van der Waals surface area contributed by atoms with Crippen LogP contribution in [0, 0.1) is 10.8 Å². The summed E-state index contributed by atoms with van der Waals surface area (Å²) in [6, 6.07) is 0. The number of carboxylic acid groups (broad SMARTS) is 1. The van der Waals surface area contributed by atoms with E-state index >= 15 is 0 Å². The molecule has 0 heterocycles. The first-order valence-corrected chi connectivity index (χ1v) is 4.46. The van der Waals surface area contributed by atoms with Crippen LogP contribution in [0.1, 0.15) is 34.6 Å². The van der Waals surface area contributed by atoms with Crippen LogP contribution in [0.4, 0.5) is 0 Å². The van der Waals surface area contributed by atoms with Crippen LogP contribution < -0.4 is 0 Å². The van der Waals surface area contributed by atoms with Crippen molar-refractivity contribution in [3.63, 3.8) is 0 Å². The maximum absolute atomic E-state index is 10.7. The molecule has 0 bridgehead atoms. The summed E-state index contributed by atoms with van der Waals surface area (Å²) in [6.07, 6.45) is 0. The molecule has 0 fully saturated rings. The largest absolute Gasteiger partial charge is 0.481 e. The third-order valence-electron chi connectivity index (χ3n) is 1.58. The zero-order chi connectivity index (χ0) is 10.7. The number of carbonyl (C=O) groups is 1. The Morgan fingerprint density at radius 2 is 1.62 bits per heavy atom. The van der Waals surface area contributed by atoms with E-state index in [9.17, 15) is 4.79 Å². The second-order valence-electron chi connectivity index (χ2n) is 5.24. The summed E-state index contributed by atoms with van der Waals surface area (Å²) in [6.45, 7) is 10.3. The fourth-order valence-corrected chi connectivity index (χ4v) is 0.674. The van der Waals surface area contributed by atoms with E-state index < -0.39 is 11.4 Å². The summed E-state index contributed by atoms with van der Waals surface area (Å²) in [5.41, 5.74) is -0.695. The van der Waals surface area contributed by atoms with Gasteiger partial charge in [0.1, 0.15) is 0 Å². The minimum Gasteiger partial charge on any atom is -0.481 e. The minimum atomic E-state index is -0.818. The monoisotopic (exact) mass is 188 g/mol. The predicted molar refractivity (Wildman–Crippen MR) is 51.7 cm³/mol. The van der Waals surface area contributed by atoms with Gasteiger partial charge in [0.15, 0.2) is 0 Å². The van der Waals surface area contributed by atoms with Gasteiger partial charge >= 0.3 is 5.97 Å². The van der Waals surface area contributed by atoms with E-state index in [-0.39, 0.29) is 12.0 Å². The number of rotatable bonds is 4. The zero-order valence-electron chi connectivity index (χ0n) is 9.18. The first kappa shape index (κ1) is 12.4. The van der Waals surface area contributed by atoms with Gasteiger partial charge in [0.05, 0.1) is 18.6 Å². The second-order valence-corrected chi connectivity index (χ2v) is 5.24. The molecule has 0 aliphatic heterocycles. The lowest BCUT2D eigenvalue weighted by molar-refractivity contribution is -0.151. The molecule has 0 saturated heterocycles. The maximum atomic E-state index is 10.7. The smallest absolute Gasteiger partial charge is 0.311 e. The highest BCUT2D eigenvalue weighted by atomic mass is 16.5. The Bertz CT molecular complexity index is 177. The van der Waals surface area contributed by atoms with Crippen molar-refractivity contribution in [3.8, 4) is 0 Å². The summed E-state index contributed by atoms with van der Waals surface area (Å²) >= 11 is 0. The van der Waals surface area contributed by atoms with Gasteiger partial charge < -0.3 is 9.84 Å². The molecule has 0 aromatic carbocycles. The fraction of sp³-hybridized carbons (Fsp3) is 0.900. The van der Waals surface area contributed by atoms with Crippen LogP contribution in [0.3, 0.4) is 0 Å². The van der Waals surface area contributed by atoms with Crippen LogP contribution >= 0.6 is 0 Å². The van der Waals surface area contributed by atoms with E-state index in [4.69, 9.17) is 9.84 Å². The molecule has 3 nitrogen and oxygen atoms in total. The van der Waals surface area contributed by atoms with E-state index in [1.165, 1.54) is 0 Å². The fourth-order valence-electron chi connectivity index (χ4n) is 0.674. The Labute approximate surface area is 80.1 Å². The molecule has 0 saturated carbocycles. The van der Waals surface area contributed by atoms with Gasteiger partial charge in [0, 0.05) is 0 Å². The molecular weight excluding hydrogens is 168 g/mol. The first-order valence-electron chi connectivity index (χ1n) is 4.46. The summed E-state index contributed by atoms with van der Waals surface area (Å²) in [5.74, 6) is -0.818. The van der Waals surface area contributed by atoms with Crippen molar-refractivity contribution in [3.05, 3.63) is 0 Å². The highest BCUT2D eigenvalue weighted by Crippen LogP contribution is 2.18. The van der Waals surface area contributed by atoms with Gasteiger partial charge in [-0.1, -0.05) is 20.8 Å². The summed E-state index contributed by atoms with van der Waals surface area (Å²) in [5, 5.41) is 8.79. The van der Waals surface area contributed by atoms with Crippen LogP contribution in [0.5, 0.6) is 0 Å². The molecule has 0 radical (unpaired) electrons. The van der Waals surface area contributed by atoms with Crippen LogP contribution in [-0.4, -0.2) is 24.3 Å². The van der Waals surface area contributed by atoms with Crippen molar-refractivity contribution >= 4 is 5.97 Å². The molecule has 13 heavy (non-hydrogen) atoms. The van der Waals surface area contributed by atoms with Gasteiger partial charge in [-0.15, -0.1) is 0 Å². The highest BCUT2D eigenvalue weighted by Gasteiger charge is 2.27. The molecule has 0 rings (SSSR count). The number of carboxylic acids is 1. The zero-order valence-corrected chi connectivity index (χ0v) is 9.18. The molecule has 1 N–H and O–H groups in total. The molecule has 0 aromatic heterocycles. The standard InChI is InChI=1S/C10H20O3/c1-9(2,3)6-13-7-10(4,5)8(11)12/h6-7H2,1-5H3,(H,11,12). The van der Waals surface area contributed by atoms with Crippen molar-refractivity contribution in [1.29, 1.82) is 0 Å². The van der Waals surface area contributed by atoms with Gasteiger partial charge in [-0.3, -0.25) is 4.79 Å². The van der Waals surface area contributed by atoms with Crippen LogP contribution in [0.25, 0.3) is 0 Å². The minimum absolute atomic E-state index is 0.0918. The average molecular weight is 188 g/mol. The highest BCUT2D eigenvalue weighted by molar-refractivity contribution is 5.73. The molecule has 0 atom stereocenters. The van der Waals surface area contributed by atoms with Gasteiger partial charge in [-0.05, 0) is 19.3 Å². The lowest BCUT2D eigenvalue weighted by Gasteiger charge is -2.23. The Morgan fingerprint density at radius 3 is 1.92 bits per heavy atom. The lowest BCUT2D eigenvalue weighted by atomic mass is 9.94. The van der Waals surface area contributed by atoms with Gasteiger partial charge in [0.25, 0.3) is 0 Å². The predicted octanol–water partition coefficient (Wildman–Crippen LogP) is 2.16.